The minimum atomic E-state index is 0.0682. The lowest BCUT2D eigenvalue weighted by molar-refractivity contribution is 0.0182. The summed E-state index contributed by atoms with van der Waals surface area (Å²) in [5.41, 5.74) is 1.30. The van der Waals surface area contributed by atoms with Crippen molar-refractivity contribution in [1.82, 2.24) is 10.2 Å². The number of rotatable bonds is 4. The molecule has 1 heterocycles. The summed E-state index contributed by atoms with van der Waals surface area (Å²) in [5.74, 6) is 0.644. The summed E-state index contributed by atoms with van der Waals surface area (Å²) in [4.78, 5) is 14.4. The van der Waals surface area contributed by atoms with E-state index in [-0.39, 0.29) is 18.1 Å². The van der Waals surface area contributed by atoms with Gasteiger partial charge in [0.25, 0.3) is 0 Å². The first-order valence-corrected chi connectivity index (χ1v) is 7.93. The average Bonchev–Trinajstić information content (AvgIpc) is 3.32. The van der Waals surface area contributed by atoms with Gasteiger partial charge in [-0.15, -0.1) is 0 Å². The van der Waals surface area contributed by atoms with E-state index in [2.05, 4.69) is 29.6 Å². The highest BCUT2D eigenvalue weighted by Crippen LogP contribution is 2.34. The Balaban J connectivity index is 1.61. The topological polar surface area (TPSA) is 41.6 Å². The molecular formula is C17H24N2O2. The van der Waals surface area contributed by atoms with Gasteiger partial charge in [0, 0.05) is 12.6 Å². The van der Waals surface area contributed by atoms with E-state index in [1.807, 2.05) is 17.9 Å². The summed E-state index contributed by atoms with van der Waals surface area (Å²) in [5, 5.41) is 3.26. The van der Waals surface area contributed by atoms with Crippen molar-refractivity contribution in [1.29, 1.82) is 0 Å². The van der Waals surface area contributed by atoms with E-state index < -0.39 is 0 Å². The van der Waals surface area contributed by atoms with Gasteiger partial charge in [0.15, 0.2) is 0 Å². The number of amides is 2. The highest BCUT2D eigenvalue weighted by atomic mass is 16.5. The van der Waals surface area contributed by atoms with Crippen molar-refractivity contribution < 1.29 is 9.53 Å². The van der Waals surface area contributed by atoms with Crippen LogP contribution in [0.25, 0.3) is 0 Å². The highest BCUT2D eigenvalue weighted by Gasteiger charge is 2.34. The van der Waals surface area contributed by atoms with Gasteiger partial charge in [-0.05, 0) is 37.7 Å². The lowest BCUT2D eigenvalue weighted by Gasteiger charge is -2.34. The normalized spacial score (nSPS) is 23.7. The van der Waals surface area contributed by atoms with Crippen molar-refractivity contribution in [3.8, 4) is 0 Å². The molecule has 1 aliphatic carbocycles. The number of hydrogen-bond acceptors (Lipinski definition) is 2. The van der Waals surface area contributed by atoms with Crippen LogP contribution in [0.15, 0.2) is 30.3 Å². The molecule has 21 heavy (non-hydrogen) atoms. The van der Waals surface area contributed by atoms with Crippen LogP contribution in [0, 0.1) is 5.92 Å². The third-order valence-electron chi connectivity index (χ3n) is 4.43. The van der Waals surface area contributed by atoms with E-state index in [0.29, 0.717) is 25.7 Å². The van der Waals surface area contributed by atoms with Gasteiger partial charge in [0.05, 0.1) is 19.3 Å². The molecule has 4 nitrogen and oxygen atoms in total. The number of hydrogen-bond donors (Lipinski definition) is 1. The molecule has 114 valence electrons. The quantitative estimate of drug-likeness (QED) is 0.924. The first-order valence-electron chi connectivity index (χ1n) is 7.93. The maximum absolute atomic E-state index is 12.5. The zero-order valence-electron chi connectivity index (χ0n) is 12.6. The first kappa shape index (κ1) is 14.4. The number of ether oxygens (including phenoxy) is 1. The number of nitrogens with zero attached hydrogens (tertiary/aromatic N) is 1. The summed E-state index contributed by atoms with van der Waals surface area (Å²) >= 11 is 0. The number of benzene rings is 1. The van der Waals surface area contributed by atoms with Crippen molar-refractivity contribution in [2.75, 3.05) is 19.8 Å². The third-order valence-corrected chi connectivity index (χ3v) is 4.43. The molecule has 3 rings (SSSR count). The molecule has 4 heteroatoms. The summed E-state index contributed by atoms with van der Waals surface area (Å²) in [6.07, 6.45) is 3.39. The summed E-state index contributed by atoms with van der Waals surface area (Å²) in [7, 11) is 0. The maximum Gasteiger partial charge on any atom is 0.318 e. The fourth-order valence-electron chi connectivity index (χ4n) is 2.97. The van der Waals surface area contributed by atoms with Gasteiger partial charge in [-0.3, -0.25) is 0 Å². The smallest absolute Gasteiger partial charge is 0.318 e. The van der Waals surface area contributed by atoms with Crippen molar-refractivity contribution in [3.63, 3.8) is 0 Å². The molecule has 0 unspecified atom stereocenters. The van der Waals surface area contributed by atoms with E-state index in [1.165, 1.54) is 18.4 Å². The summed E-state index contributed by atoms with van der Waals surface area (Å²) in [6.45, 7) is 4.02. The number of carbonyl (C=O) groups excluding carboxylic acids is 1. The van der Waals surface area contributed by atoms with Crippen LogP contribution in [-0.2, 0) is 11.2 Å². The van der Waals surface area contributed by atoms with Crippen molar-refractivity contribution in [2.45, 2.75) is 38.3 Å². The molecule has 1 aromatic carbocycles. The van der Waals surface area contributed by atoms with Crippen molar-refractivity contribution in [2.24, 2.45) is 5.92 Å². The summed E-state index contributed by atoms with van der Waals surface area (Å²) in [6, 6.07) is 10.9. The fraction of sp³-hybridized carbons (Fsp3) is 0.588. The number of urea groups is 1. The Hall–Kier alpha value is -1.55. The van der Waals surface area contributed by atoms with Gasteiger partial charge in [-0.2, -0.15) is 0 Å². The average molecular weight is 288 g/mol. The van der Waals surface area contributed by atoms with Gasteiger partial charge in [-0.25, -0.2) is 4.79 Å². The third kappa shape index (κ3) is 3.76. The van der Waals surface area contributed by atoms with Gasteiger partial charge >= 0.3 is 6.03 Å². The molecule has 0 bridgehead atoms. The van der Waals surface area contributed by atoms with Crippen LogP contribution in [-0.4, -0.2) is 42.8 Å². The van der Waals surface area contributed by atoms with Crippen LogP contribution in [0.4, 0.5) is 4.79 Å². The molecule has 1 saturated carbocycles. The van der Waals surface area contributed by atoms with Crippen LogP contribution in [0.2, 0.25) is 0 Å². The minimum Gasteiger partial charge on any atom is -0.377 e. The molecule has 1 saturated heterocycles. The summed E-state index contributed by atoms with van der Waals surface area (Å²) < 4.78 is 5.40. The predicted octanol–water partition coefficient (Wildman–Crippen LogP) is 2.44. The maximum atomic E-state index is 12.5. The highest BCUT2D eigenvalue weighted by molar-refractivity contribution is 5.75. The predicted molar refractivity (Wildman–Crippen MR) is 82.2 cm³/mol. The van der Waals surface area contributed by atoms with Crippen LogP contribution < -0.4 is 5.32 Å². The molecule has 2 aliphatic rings. The number of nitrogens with one attached hydrogen (secondary N) is 1. The van der Waals surface area contributed by atoms with E-state index >= 15 is 0 Å². The van der Waals surface area contributed by atoms with Crippen LogP contribution >= 0.6 is 0 Å². The molecule has 2 atom stereocenters. The number of carbonyl (C=O) groups is 1. The Morgan fingerprint density at radius 2 is 2.14 bits per heavy atom. The monoisotopic (exact) mass is 288 g/mol. The SMILES string of the molecule is C[C@@H]1COCCN1C(=O)N[C@@H](Cc1ccccc1)C1CC1. The van der Waals surface area contributed by atoms with Crippen LogP contribution in [0.3, 0.4) is 0 Å². The van der Waals surface area contributed by atoms with Crippen LogP contribution in [0.1, 0.15) is 25.3 Å². The largest absolute Gasteiger partial charge is 0.377 e. The molecule has 2 fully saturated rings. The molecule has 2 amide bonds. The molecule has 1 aliphatic heterocycles. The van der Waals surface area contributed by atoms with Gasteiger partial charge in [-0.1, -0.05) is 30.3 Å². The lowest BCUT2D eigenvalue weighted by Crippen LogP contribution is -2.54. The minimum absolute atomic E-state index is 0.0682. The lowest BCUT2D eigenvalue weighted by atomic mass is 10.0. The zero-order valence-corrected chi connectivity index (χ0v) is 12.6. The van der Waals surface area contributed by atoms with E-state index in [4.69, 9.17) is 4.74 Å². The molecule has 0 radical (unpaired) electrons. The molecule has 1 N–H and O–H groups in total. The zero-order chi connectivity index (χ0) is 14.7. The Morgan fingerprint density at radius 1 is 1.38 bits per heavy atom. The van der Waals surface area contributed by atoms with E-state index in [1.54, 1.807) is 0 Å². The second-order valence-corrected chi connectivity index (χ2v) is 6.20. The van der Waals surface area contributed by atoms with Crippen LogP contribution in [0.5, 0.6) is 0 Å². The Kier molecular flexibility index (Phi) is 4.44. The van der Waals surface area contributed by atoms with Gasteiger partial charge in [0.1, 0.15) is 0 Å². The Morgan fingerprint density at radius 3 is 2.81 bits per heavy atom. The van der Waals surface area contributed by atoms with Gasteiger partial charge < -0.3 is 15.0 Å². The fourth-order valence-corrected chi connectivity index (χ4v) is 2.97. The standard InChI is InChI=1S/C17H24N2O2/c1-13-12-21-10-9-19(13)17(20)18-16(15-7-8-15)11-14-5-3-2-4-6-14/h2-6,13,15-16H,7-12H2,1H3,(H,18,20)/t13-,16+/m1/s1. The van der Waals surface area contributed by atoms with E-state index in [0.717, 1.165) is 6.42 Å². The van der Waals surface area contributed by atoms with E-state index in [9.17, 15) is 4.79 Å². The number of morpholine rings is 1. The molecule has 0 aromatic heterocycles. The first-order chi connectivity index (χ1) is 10.2. The molecule has 1 aromatic rings. The van der Waals surface area contributed by atoms with Gasteiger partial charge in [0.2, 0.25) is 0 Å². The Bertz CT molecular complexity index is 473. The molecular weight excluding hydrogens is 264 g/mol. The molecule has 0 spiro atoms. The van der Waals surface area contributed by atoms with Crippen molar-refractivity contribution in [3.05, 3.63) is 35.9 Å². The Labute approximate surface area is 126 Å². The van der Waals surface area contributed by atoms with Crippen molar-refractivity contribution >= 4 is 6.03 Å². The second kappa shape index (κ2) is 6.48. The second-order valence-electron chi connectivity index (χ2n) is 6.20.